The van der Waals surface area contributed by atoms with Gasteiger partial charge in [0.15, 0.2) is 0 Å². The molecule has 0 aromatic rings. The number of piperidine rings is 1. The largest absolute Gasteiger partial charge is 0.392 e. The van der Waals surface area contributed by atoms with Gasteiger partial charge in [0.2, 0.25) is 10.0 Å². The third-order valence-electron chi connectivity index (χ3n) is 5.90. The zero-order valence-corrected chi connectivity index (χ0v) is 15.6. The van der Waals surface area contributed by atoms with Gasteiger partial charge in [-0.3, -0.25) is 4.90 Å². The summed E-state index contributed by atoms with van der Waals surface area (Å²) in [4.78, 5) is 15.8. The topological polar surface area (TPSA) is 107 Å². The third-order valence-corrected chi connectivity index (χ3v) is 7.21. The van der Waals surface area contributed by atoms with Crippen LogP contribution in [0.15, 0.2) is 0 Å². The number of rotatable bonds is 5. The first-order valence-electron chi connectivity index (χ1n) is 8.97. The van der Waals surface area contributed by atoms with Crippen LogP contribution in [0.25, 0.3) is 0 Å². The van der Waals surface area contributed by atoms with E-state index >= 15 is 0 Å². The Morgan fingerprint density at radius 2 is 2.04 bits per heavy atom. The van der Waals surface area contributed by atoms with E-state index in [1.165, 1.54) is 10.6 Å². The highest BCUT2D eigenvalue weighted by Gasteiger charge is 2.51. The average Bonchev–Trinajstić information content (AvgIpc) is 2.73. The fourth-order valence-electron chi connectivity index (χ4n) is 4.78. The summed E-state index contributed by atoms with van der Waals surface area (Å²) in [5.74, 6) is 0. The Morgan fingerprint density at radius 1 is 1.36 bits per heavy atom. The van der Waals surface area contributed by atoms with Crippen molar-refractivity contribution in [2.24, 2.45) is 5.73 Å². The predicted octanol–water partition coefficient (Wildman–Crippen LogP) is -0.405. The lowest BCUT2D eigenvalue weighted by molar-refractivity contribution is 0.0278. The van der Waals surface area contributed by atoms with Crippen LogP contribution in [0.4, 0.5) is 4.79 Å². The van der Waals surface area contributed by atoms with Crippen LogP contribution in [0.2, 0.25) is 0 Å². The minimum Gasteiger partial charge on any atom is -0.392 e. The minimum atomic E-state index is -3.14. The Bertz CT molecular complexity index is 601. The molecule has 0 spiro atoms. The molecule has 3 heterocycles. The number of hydrogen-bond donors (Lipinski definition) is 2. The Balaban J connectivity index is 1.56. The van der Waals surface area contributed by atoms with E-state index in [1.807, 2.05) is 0 Å². The lowest BCUT2D eigenvalue weighted by Crippen LogP contribution is -2.57. The van der Waals surface area contributed by atoms with Crippen molar-refractivity contribution < 1.29 is 18.3 Å². The van der Waals surface area contributed by atoms with Gasteiger partial charge < -0.3 is 15.7 Å². The van der Waals surface area contributed by atoms with Crippen molar-refractivity contribution in [2.75, 3.05) is 39.0 Å². The normalized spacial score (nSPS) is 32.7. The quantitative estimate of drug-likeness (QED) is 0.682. The molecule has 25 heavy (non-hydrogen) atoms. The highest BCUT2D eigenvalue weighted by Crippen LogP contribution is 2.46. The molecule has 0 aliphatic carbocycles. The summed E-state index contributed by atoms with van der Waals surface area (Å²) in [7, 11) is -3.14. The van der Waals surface area contributed by atoms with Gasteiger partial charge in [0.1, 0.15) is 0 Å². The van der Waals surface area contributed by atoms with E-state index in [-0.39, 0.29) is 17.6 Å². The zero-order chi connectivity index (χ0) is 18.2. The van der Waals surface area contributed by atoms with E-state index in [4.69, 9.17) is 5.73 Å². The number of aliphatic hydroxyl groups is 1. The maximum atomic E-state index is 11.9. The van der Waals surface area contributed by atoms with Crippen LogP contribution < -0.4 is 5.73 Å². The Labute approximate surface area is 150 Å². The van der Waals surface area contributed by atoms with E-state index in [9.17, 15) is 18.3 Å². The monoisotopic (exact) mass is 373 g/mol. The first kappa shape index (κ1) is 18.9. The van der Waals surface area contributed by atoms with Crippen LogP contribution >= 0.6 is 0 Å². The van der Waals surface area contributed by atoms with Gasteiger partial charge in [0, 0.05) is 44.3 Å². The summed E-state index contributed by atoms with van der Waals surface area (Å²) in [6, 6.07) is -0.207. The SMILES string of the molecule is CS(=O)(=O)N1CCN(CC(O)C[C@@]23C[CH]C[C@@H](CC2)N3C(N)=O)CC1. The number of amides is 2. The minimum absolute atomic E-state index is 0.178. The van der Waals surface area contributed by atoms with Crippen LogP contribution in [0, 0.1) is 6.42 Å². The maximum Gasteiger partial charge on any atom is 0.315 e. The third kappa shape index (κ3) is 3.94. The molecule has 0 aromatic carbocycles. The highest BCUT2D eigenvalue weighted by molar-refractivity contribution is 7.88. The van der Waals surface area contributed by atoms with Crippen molar-refractivity contribution in [1.82, 2.24) is 14.1 Å². The molecule has 143 valence electrons. The summed E-state index contributed by atoms with van der Waals surface area (Å²) < 4.78 is 24.6. The fourth-order valence-corrected chi connectivity index (χ4v) is 5.61. The maximum absolute atomic E-state index is 11.9. The van der Waals surface area contributed by atoms with E-state index in [0.29, 0.717) is 39.1 Å². The van der Waals surface area contributed by atoms with Gasteiger partial charge in [-0.1, -0.05) is 0 Å². The van der Waals surface area contributed by atoms with Gasteiger partial charge in [-0.15, -0.1) is 0 Å². The summed E-state index contributed by atoms with van der Waals surface area (Å²) in [6.45, 7) is 2.65. The van der Waals surface area contributed by atoms with Gasteiger partial charge >= 0.3 is 6.03 Å². The second kappa shape index (κ2) is 7.02. The molecule has 2 amide bonds. The van der Waals surface area contributed by atoms with Crippen molar-refractivity contribution in [3.8, 4) is 0 Å². The van der Waals surface area contributed by atoms with Gasteiger partial charge in [-0.05, 0) is 38.5 Å². The van der Waals surface area contributed by atoms with Gasteiger partial charge in [0.05, 0.1) is 12.4 Å². The number of hydrogen-bond acceptors (Lipinski definition) is 5. The van der Waals surface area contributed by atoms with Crippen LogP contribution in [-0.2, 0) is 10.0 Å². The number of piperazine rings is 1. The predicted molar refractivity (Wildman–Crippen MR) is 94.2 cm³/mol. The van der Waals surface area contributed by atoms with Crippen molar-refractivity contribution in [3.05, 3.63) is 6.42 Å². The molecule has 1 unspecified atom stereocenters. The van der Waals surface area contributed by atoms with Crippen molar-refractivity contribution in [2.45, 2.75) is 49.8 Å². The Kier molecular flexibility index (Phi) is 5.30. The number of fused-ring (bicyclic) bond motifs is 2. The van der Waals surface area contributed by atoms with Crippen LogP contribution in [0.3, 0.4) is 0 Å². The molecule has 3 fully saturated rings. The molecule has 3 saturated heterocycles. The summed E-state index contributed by atoms with van der Waals surface area (Å²) in [5, 5.41) is 10.6. The molecule has 3 rings (SSSR count). The number of β-amino-alcohol motifs (C(OH)–C–C–N with tert-alkyl or cyclic N) is 1. The Hall–Kier alpha value is -0.900. The van der Waals surface area contributed by atoms with Crippen molar-refractivity contribution in [3.63, 3.8) is 0 Å². The number of sulfonamides is 1. The first-order chi connectivity index (χ1) is 11.7. The number of primary amides is 1. The number of aliphatic hydroxyl groups excluding tert-OH is 1. The van der Waals surface area contributed by atoms with Crippen LogP contribution in [-0.4, -0.2) is 90.3 Å². The van der Waals surface area contributed by atoms with E-state index < -0.39 is 16.1 Å². The number of nitrogens with two attached hydrogens (primary N) is 1. The molecule has 0 aromatic heterocycles. The molecule has 2 bridgehead atoms. The highest BCUT2D eigenvalue weighted by atomic mass is 32.2. The molecular formula is C16H29N4O4S. The molecule has 3 aliphatic heterocycles. The molecule has 3 aliphatic rings. The zero-order valence-electron chi connectivity index (χ0n) is 14.8. The smallest absolute Gasteiger partial charge is 0.315 e. The van der Waals surface area contributed by atoms with Crippen molar-refractivity contribution >= 4 is 16.1 Å². The average molecular weight is 373 g/mol. The van der Waals surface area contributed by atoms with E-state index in [0.717, 1.165) is 25.7 Å². The number of carbonyl (C=O) groups excluding carboxylic acids is 1. The second-order valence-electron chi connectivity index (χ2n) is 7.67. The standard InChI is InChI=1S/C16H29N4O4S/c1-25(23,24)19-9-7-18(8-10-19)12-14(21)11-16-5-2-3-13(4-6-16)20(16)15(17)22/h2,13-14,21H,3-12H2,1H3,(H2,17,22)/t13-,14?,16+/m0/s1. The summed E-state index contributed by atoms with van der Waals surface area (Å²) in [6.07, 6.45) is 6.90. The van der Waals surface area contributed by atoms with Crippen LogP contribution in [0.5, 0.6) is 0 Å². The second-order valence-corrected chi connectivity index (χ2v) is 9.66. The lowest BCUT2D eigenvalue weighted by atomic mass is 9.83. The molecule has 8 nitrogen and oxygen atoms in total. The van der Waals surface area contributed by atoms with E-state index in [1.54, 1.807) is 4.90 Å². The van der Waals surface area contributed by atoms with Crippen LogP contribution in [0.1, 0.15) is 32.1 Å². The molecule has 1 radical (unpaired) electrons. The van der Waals surface area contributed by atoms with E-state index in [2.05, 4.69) is 11.3 Å². The van der Waals surface area contributed by atoms with Gasteiger partial charge in [0.25, 0.3) is 0 Å². The molecule has 0 saturated carbocycles. The van der Waals surface area contributed by atoms with Crippen molar-refractivity contribution in [1.29, 1.82) is 0 Å². The van der Waals surface area contributed by atoms with Gasteiger partial charge in [-0.2, -0.15) is 4.31 Å². The fraction of sp³-hybridized carbons (Fsp3) is 0.875. The molecule has 3 N–H and O–H groups in total. The molecular weight excluding hydrogens is 344 g/mol. The molecule has 9 heteroatoms. The summed E-state index contributed by atoms with van der Waals surface area (Å²) >= 11 is 0. The number of urea groups is 1. The number of carbonyl (C=O) groups is 1. The van der Waals surface area contributed by atoms with Gasteiger partial charge in [-0.25, -0.2) is 13.2 Å². The first-order valence-corrected chi connectivity index (χ1v) is 10.8. The lowest BCUT2D eigenvalue weighted by Gasteiger charge is -2.45. The Morgan fingerprint density at radius 3 is 2.64 bits per heavy atom. The summed E-state index contributed by atoms with van der Waals surface area (Å²) in [5.41, 5.74) is 5.26. The molecule has 3 atom stereocenters. The number of nitrogens with zero attached hydrogens (tertiary/aromatic N) is 3.